The molecule has 0 saturated carbocycles. The fourth-order valence-corrected chi connectivity index (χ4v) is 5.15. The largest absolute Gasteiger partial charge is 0.497 e. The van der Waals surface area contributed by atoms with E-state index in [9.17, 15) is 23.4 Å². The van der Waals surface area contributed by atoms with Crippen LogP contribution in [0.5, 0.6) is 11.5 Å². The standard InChI is InChI=1S/C28H34F3N3O4/c1-37-19-2-3-24-21(12-19)26(18(15-32)16-33-24)25(36)4-5-28(17-35)6-8-34(9-7-28)10-11-38-20-13-22(29)27(31)23(30)14-20/h2-3,12-14,16,25,35-36H,4-11,15,17,32H2,1H3/t25-/m0/s1. The van der Waals surface area contributed by atoms with E-state index in [1.54, 1.807) is 13.3 Å². The fraction of sp³-hybridized carbons (Fsp3) is 0.464. The van der Waals surface area contributed by atoms with E-state index in [1.165, 1.54) is 0 Å². The Hall–Kier alpha value is -2.92. The summed E-state index contributed by atoms with van der Waals surface area (Å²) in [5, 5.41) is 22.3. The van der Waals surface area contributed by atoms with E-state index in [1.807, 2.05) is 18.2 Å². The number of aromatic nitrogens is 1. The lowest BCUT2D eigenvalue weighted by Gasteiger charge is -2.41. The minimum absolute atomic E-state index is 0.00680. The highest BCUT2D eigenvalue weighted by Crippen LogP contribution is 2.39. The Bertz CT molecular complexity index is 1220. The number of ether oxygens (including phenoxy) is 2. The summed E-state index contributed by atoms with van der Waals surface area (Å²) < 4.78 is 50.6. The van der Waals surface area contributed by atoms with Crippen LogP contribution in [-0.2, 0) is 6.54 Å². The van der Waals surface area contributed by atoms with Crippen molar-refractivity contribution in [3.05, 3.63) is 65.1 Å². The molecule has 3 aromatic rings. The summed E-state index contributed by atoms with van der Waals surface area (Å²) in [6, 6.07) is 7.19. The molecule has 1 aliphatic heterocycles. The summed E-state index contributed by atoms with van der Waals surface area (Å²) in [5.74, 6) is -3.49. The van der Waals surface area contributed by atoms with Crippen LogP contribution in [0.4, 0.5) is 13.2 Å². The van der Waals surface area contributed by atoms with Crippen molar-refractivity contribution in [3.63, 3.8) is 0 Å². The van der Waals surface area contributed by atoms with Gasteiger partial charge in [0.15, 0.2) is 17.5 Å². The summed E-state index contributed by atoms with van der Waals surface area (Å²) in [6.45, 7) is 2.37. The molecule has 7 nitrogen and oxygen atoms in total. The molecule has 1 fully saturated rings. The minimum atomic E-state index is -1.52. The predicted octanol–water partition coefficient (Wildman–Crippen LogP) is 4.09. The van der Waals surface area contributed by atoms with Gasteiger partial charge in [0.25, 0.3) is 0 Å². The Balaban J connectivity index is 1.34. The summed E-state index contributed by atoms with van der Waals surface area (Å²) in [5.41, 5.74) is 7.89. The number of pyridine rings is 1. The van der Waals surface area contributed by atoms with Gasteiger partial charge < -0.3 is 25.4 Å². The number of benzene rings is 2. The number of aliphatic hydroxyl groups excluding tert-OH is 2. The van der Waals surface area contributed by atoms with Gasteiger partial charge in [-0.2, -0.15) is 0 Å². The molecule has 1 aliphatic rings. The third-order valence-electron chi connectivity index (χ3n) is 7.59. The number of aliphatic hydroxyl groups is 2. The molecule has 4 rings (SSSR count). The van der Waals surface area contributed by atoms with Gasteiger partial charge in [0.1, 0.15) is 18.1 Å². The van der Waals surface area contributed by atoms with Crippen molar-refractivity contribution in [2.75, 3.05) is 40.0 Å². The maximum absolute atomic E-state index is 13.4. The lowest BCUT2D eigenvalue weighted by molar-refractivity contribution is 0.0204. The number of nitrogens with zero attached hydrogens (tertiary/aromatic N) is 2. The first kappa shape index (κ1) is 28.1. The first-order valence-electron chi connectivity index (χ1n) is 12.7. The van der Waals surface area contributed by atoms with Gasteiger partial charge in [-0.25, -0.2) is 13.2 Å². The molecular formula is C28H34F3N3O4. The van der Waals surface area contributed by atoms with Crippen LogP contribution < -0.4 is 15.2 Å². The number of piperidine rings is 1. The molecule has 0 spiro atoms. The first-order chi connectivity index (χ1) is 18.3. The Morgan fingerprint density at radius 2 is 1.82 bits per heavy atom. The van der Waals surface area contributed by atoms with Crippen LogP contribution in [0.3, 0.4) is 0 Å². The van der Waals surface area contributed by atoms with Gasteiger partial charge in [-0.15, -0.1) is 0 Å². The first-order valence-corrected chi connectivity index (χ1v) is 12.7. The molecule has 0 unspecified atom stereocenters. The van der Waals surface area contributed by atoms with Crippen LogP contribution in [0.15, 0.2) is 36.5 Å². The molecule has 0 bridgehead atoms. The second-order valence-electron chi connectivity index (χ2n) is 9.89. The highest BCUT2D eigenvalue weighted by atomic mass is 19.2. The van der Waals surface area contributed by atoms with Crippen molar-refractivity contribution in [1.29, 1.82) is 0 Å². The molecule has 4 N–H and O–H groups in total. The molecule has 0 amide bonds. The smallest absolute Gasteiger partial charge is 0.194 e. The minimum Gasteiger partial charge on any atom is -0.497 e. The van der Waals surface area contributed by atoms with Crippen LogP contribution >= 0.6 is 0 Å². The number of halogens is 3. The lowest BCUT2D eigenvalue weighted by Crippen LogP contribution is -2.43. The highest BCUT2D eigenvalue weighted by Gasteiger charge is 2.34. The quantitative estimate of drug-likeness (QED) is 0.319. The third-order valence-corrected chi connectivity index (χ3v) is 7.59. The SMILES string of the molecule is COc1ccc2ncc(CN)c([C@@H](O)CCC3(CO)CCN(CCOc4cc(F)c(F)c(F)c4)CC3)c2c1. The fourth-order valence-electron chi connectivity index (χ4n) is 5.15. The van der Waals surface area contributed by atoms with E-state index < -0.39 is 23.6 Å². The normalized spacial score (nSPS) is 16.5. The topological polar surface area (TPSA) is 101 Å². The van der Waals surface area contributed by atoms with Crippen LogP contribution in [0, 0.1) is 22.9 Å². The molecule has 0 aliphatic carbocycles. The predicted molar refractivity (Wildman–Crippen MR) is 137 cm³/mol. The number of hydrogen-bond donors (Lipinski definition) is 3. The third kappa shape index (κ3) is 6.20. The zero-order chi connectivity index (χ0) is 27.3. The van der Waals surface area contributed by atoms with Crippen LogP contribution in [0.25, 0.3) is 10.9 Å². The van der Waals surface area contributed by atoms with Crippen molar-refractivity contribution in [2.45, 2.75) is 38.3 Å². The average Bonchev–Trinajstić information content (AvgIpc) is 2.94. The van der Waals surface area contributed by atoms with Crippen molar-refractivity contribution < 1.29 is 32.9 Å². The number of nitrogens with two attached hydrogens (primary N) is 1. The van der Waals surface area contributed by atoms with Crippen LogP contribution in [0.1, 0.15) is 42.9 Å². The summed E-state index contributed by atoms with van der Waals surface area (Å²) in [4.78, 5) is 6.61. The molecular weight excluding hydrogens is 499 g/mol. The molecule has 1 aromatic heterocycles. The monoisotopic (exact) mass is 533 g/mol. The number of hydrogen-bond acceptors (Lipinski definition) is 7. The molecule has 0 radical (unpaired) electrons. The van der Waals surface area contributed by atoms with Gasteiger partial charge in [0.2, 0.25) is 0 Å². The van der Waals surface area contributed by atoms with Crippen molar-refractivity contribution in [3.8, 4) is 11.5 Å². The molecule has 2 aromatic carbocycles. The van der Waals surface area contributed by atoms with E-state index in [0.717, 1.165) is 47.0 Å². The van der Waals surface area contributed by atoms with Crippen molar-refractivity contribution >= 4 is 10.9 Å². The molecule has 10 heteroatoms. The Morgan fingerprint density at radius 1 is 1.11 bits per heavy atom. The number of rotatable bonds is 11. The molecule has 206 valence electrons. The zero-order valence-corrected chi connectivity index (χ0v) is 21.4. The van der Waals surface area contributed by atoms with Gasteiger partial charge >= 0.3 is 0 Å². The number of likely N-dealkylation sites (tertiary alicyclic amines) is 1. The van der Waals surface area contributed by atoms with Crippen LogP contribution in [0.2, 0.25) is 0 Å². The Labute approximate surface area is 220 Å². The van der Waals surface area contributed by atoms with E-state index in [2.05, 4.69) is 9.88 Å². The van der Waals surface area contributed by atoms with Gasteiger partial charge in [0.05, 0.1) is 18.7 Å². The van der Waals surface area contributed by atoms with Crippen molar-refractivity contribution in [2.24, 2.45) is 11.1 Å². The van der Waals surface area contributed by atoms with Gasteiger partial charge in [-0.05, 0) is 73.5 Å². The average molecular weight is 534 g/mol. The molecule has 1 atom stereocenters. The van der Waals surface area contributed by atoms with E-state index in [0.29, 0.717) is 38.2 Å². The summed E-state index contributed by atoms with van der Waals surface area (Å²) in [6.07, 6.45) is 3.45. The van der Waals surface area contributed by atoms with Gasteiger partial charge in [-0.3, -0.25) is 9.88 Å². The Morgan fingerprint density at radius 3 is 2.45 bits per heavy atom. The lowest BCUT2D eigenvalue weighted by atomic mass is 9.74. The highest BCUT2D eigenvalue weighted by molar-refractivity contribution is 5.85. The van der Waals surface area contributed by atoms with Gasteiger partial charge in [-0.1, -0.05) is 0 Å². The second-order valence-corrected chi connectivity index (χ2v) is 9.89. The Kier molecular flexibility index (Phi) is 9.09. The molecule has 2 heterocycles. The molecule has 1 saturated heterocycles. The van der Waals surface area contributed by atoms with E-state index >= 15 is 0 Å². The molecule has 38 heavy (non-hydrogen) atoms. The van der Waals surface area contributed by atoms with E-state index in [-0.39, 0.29) is 30.9 Å². The number of fused-ring (bicyclic) bond motifs is 1. The van der Waals surface area contributed by atoms with Crippen molar-refractivity contribution in [1.82, 2.24) is 9.88 Å². The maximum Gasteiger partial charge on any atom is 0.194 e. The summed E-state index contributed by atoms with van der Waals surface area (Å²) in [7, 11) is 1.59. The second kappa shape index (κ2) is 12.3. The zero-order valence-electron chi connectivity index (χ0n) is 21.4. The number of methoxy groups -OCH3 is 1. The van der Waals surface area contributed by atoms with Gasteiger partial charge in [0, 0.05) is 43.4 Å². The summed E-state index contributed by atoms with van der Waals surface area (Å²) >= 11 is 0. The maximum atomic E-state index is 13.4. The van der Waals surface area contributed by atoms with E-state index in [4.69, 9.17) is 15.2 Å². The van der Waals surface area contributed by atoms with Crippen LogP contribution in [-0.4, -0.2) is 60.1 Å².